The molecule has 116 valence electrons. The first kappa shape index (κ1) is 15.5. The lowest BCUT2D eigenvalue weighted by molar-refractivity contribution is 0.376. The predicted molar refractivity (Wildman–Crippen MR) is 94.2 cm³/mol. The molecule has 0 saturated heterocycles. The summed E-state index contributed by atoms with van der Waals surface area (Å²) in [4.78, 5) is 4.32. The summed E-state index contributed by atoms with van der Waals surface area (Å²) in [6.45, 7) is 0.329. The molecule has 0 saturated carbocycles. The fourth-order valence-corrected chi connectivity index (χ4v) is 2.28. The van der Waals surface area contributed by atoms with Gasteiger partial charge in [-0.3, -0.25) is 0 Å². The van der Waals surface area contributed by atoms with Crippen molar-refractivity contribution in [1.82, 2.24) is 15.5 Å². The van der Waals surface area contributed by atoms with E-state index in [-0.39, 0.29) is 0 Å². The van der Waals surface area contributed by atoms with Crippen LogP contribution in [0.3, 0.4) is 0 Å². The zero-order valence-electron chi connectivity index (χ0n) is 12.0. The number of halogens is 1. The lowest BCUT2D eigenvalue weighted by atomic mass is 10.2. The fourth-order valence-electron chi connectivity index (χ4n) is 1.92. The molecule has 1 heterocycles. The van der Waals surface area contributed by atoms with E-state index in [1.54, 1.807) is 6.07 Å². The molecule has 0 radical (unpaired) electrons. The van der Waals surface area contributed by atoms with Crippen LogP contribution < -0.4 is 10.6 Å². The quantitative estimate of drug-likeness (QED) is 0.700. The monoisotopic (exact) mass is 344 g/mol. The van der Waals surface area contributed by atoms with Gasteiger partial charge in [-0.15, -0.1) is 0 Å². The number of nitrogens with zero attached hydrogens (tertiary/aromatic N) is 2. The van der Waals surface area contributed by atoms with Crippen LogP contribution in [0.15, 0.2) is 59.1 Å². The third-order valence-electron chi connectivity index (χ3n) is 3.02. The summed E-state index contributed by atoms with van der Waals surface area (Å²) in [6, 6.07) is 17.0. The first-order chi connectivity index (χ1) is 11.2. The van der Waals surface area contributed by atoms with E-state index in [1.807, 2.05) is 48.5 Å². The van der Waals surface area contributed by atoms with Gasteiger partial charge in [-0.25, -0.2) is 0 Å². The van der Waals surface area contributed by atoms with E-state index in [0.29, 0.717) is 28.4 Å². The second-order valence-electron chi connectivity index (χ2n) is 4.67. The fraction of sp³-hybridized carbons (Fsp3) is 0.0625. The highest BCUT2D eigenvalue weighted by Crippen LogP contribution is 2.20. The minimum Gasteiger partial charge on any atom is -0.353 e. The molecule has 0 aliphatic carbocycles. The maximum atomic E-state index is 6.07. The Labute approximate surface area is 143 Å². The van der Waals surface area contributed by atoms with Crippen LogP contribution in [0, 0.1) is 0 Å². The molecule has 3 aromatic rings. The van der Waals surface area contributed by atoms with E-state index in [9.17, 15) is 0 Å². The summed E-state index contributed by atoms with van der Waals surface area (Å²) in [6.07, 6.45) is 0. The average Bonchev–Trinajstić information content (AvgIpc) is 3.05. The SMILES string of the molecule is S=C(NCc1nc(-c2ccccc2)no1)Nc1ccccc1Cl. The van der Waals surface area contributed by atoms with Crippen LogP contribution in [0.1, 0.15) is 5.89 Å². The standard InChI is InChI=1S/C16H13ClN4OS/c17-12-8-4-5-9-13(12)19-16(23)18-10-14-20-15(21-22-14)11-6-2-1-3-7-11/h1-9H,10H2,(H2,18,19,23). The largest absolute Gasteiger partial charge is 0.353 e. The molecule has 5 nitrogen and oxygen atoms in total. The van der Waals surface area contributed by atoms with Gasteiger partial charge in [0, 0.05) is 5.56 Å². The maximum Gasteiger partial charge on any atom is 0.246 e. The zero-order valence-corrected chi connectivity index (χ0v) is 13.6. The molecule has 0 aliphatic rings. The molecule has 0 unspecified atom stereocenters. The van der Waals surface area contributed by atoms with Gasteiger partial charge >= 0.3 is 0 Å². The summed E-state index contributed by atoms with van der Waals surface area (Å²) < 4.78 is 5.21. The van der Waals surface area contributed by atoms with Crippen molar-refractivity contribution >= 4 is 34.6 Å². The van der Waals surface area contributed by atoms with Crippen molar-refractivity contribution in [3.8, 4) is 11.4 Å². The molecule has 0 spiro atoms. The molecule has 1 aromatic heterocycles. The van der Waals surface area contributed by atoms with Gasteiger partial charge in [0.2, 0.25) is 11.7 Å². The molecule has 0 amide bonds. The number of nitrogens with one attached hydrogen (secondary N) is 2. The lowest BCUT2D eigenvalue weighted by Crippen LogP contribution is -2.28. The molecule has 0 atom stereocenters. The molecule has 0 aliphatic heterocycles. The Morgan fingerprint density at radius 1 is 1.09 bits per heavy atom. The number of thiocarbonyl (C=S) groups is 1. The van der Waals surface area contributed by atoms with Crippen molar-refractivity contribution in [2.45, 2.75) is 6.54 Å². The lowest BCUT2D eigenvalue weighted by Gasteiger charge is -2.09. The Morgan fingerprint density at radius 3 is 2.61 bits per heavy atom. The molecule has 2 aromatic carbocycles. The number of benzene rings is 2. The molecule has 23 heavy (non-hydrogen) atoms. The zero-order chi connectivity index (χ0) is 16.1. The van der Waals surface area contributed by atoms with Crippen molar-refractivity contribution in [1.29, 1.82) is 0 Å². The van der Waals surface area contributed by atoms with E-state index >= 15 is 0 Å². The minimum absolute atomic E-state index is 0.329. The van der Waals surface area contributed by atoms with Crippen LogP contribution in [0.2, 0.25) is 5.02 Å². The number of anilines is 1. The second-order valence-corrected chi connectivity index (χ2v) is 5.48. The second kappa shape index (κ2) is 7.21. The summed E-state index contributed by atoms with van der Waals surface area (Å²) in [7, 11) is 0. The molecule has 3 rings (SSSR count). The Balaban J connectivity index is 1.58. The van der Waals surface area contributed by atoms with Crippen LogP contribution >= 0.6 is 23.8 Å². The van der Waals surface area contributed by atoms with E-state index < -0.39 is 0 Å². The number of hydrogen-bond acceptors (Lipinski definition) is 4. The minimum atomic E-state index is 0.329. The van der Waals surface area contributed by atoms with Crippen LogP contribution in [-0.4, -0.2) is 15.3 Å². The van der Waals surface area contributed by atoms with E-state index in [2.05, 4.69) is 20.8 Å². The van der Waals surface area contributed by atoms with Gasteiger partial charge in [-0.1, -0.05) is 59.2 Å². The molecule has 0 bridgehead atoms. The molecular weight excluding hydrogens is 332 g/mol. The van der Waals surface area contributed by atoms with Gasteiger partial charge in [-0.05, 0) is 24.4 Å². The van der Waals surface area contributed by atoms with Gasteiger partial charge in [-0.2, -0.15) is 4.98 Å². The number of hydrogen-bond donors (Lipinski definition) is 2. The predicted octanol–water partition coefficient (Wildman–Crippen LogP) is 3.88. The van der Waals surface area contributed by atoms with Crippen LogP contribution in [0.5, 0.6) is 0 Å². The summed E-state index contributed by atoms with van der Waals surface area (Å²) in [5, 5.41) is 11.0. The maximum absolute atomic E-state index is 6.07. The summed E-state index contributed by atoms with van der Waals surface area (Å²) >= 11 is 11.3. The van der Waals surface area contributed by atoms with Gasteiger partial charge in [0.15, 0.2) is 5.11 Å². The van der Waals surface area contributed by atoms with Crippen molar-refractivity contribution in [2.24, 2.45) is 0 Å². The molecule has 2 N–H and O–H groups in total. The van der Waals surface area contributed by atoms with Gasteiger partial charge < -0.3 is 15.2 Å². The summed E-state index contributed by atoms with van der Waals surface area (Å²) in [5.74, 6) is 1.000. The summed E-state index contributed by atoms with van der Waals surface area (Å²) in [5.41, 5.74) is 1.64. The van der Waals surface area contributed by atoms with Crippen LogP contribution in [0.4, 0.5) is 5.69 Å². The Bertz CT molecular complexity index is 807. The van der Waals surface area contributed by atoms with Crippen LogP contribution in [-0.2, 0) is 6.54 Å². The first-order valence-corrected chi connectivity index (χ1v) is 7.68. The van der Waals surface area contributed by atoms with Gasteiger partial charge in [0.25, 0.3) is 0 Å². The third kappa shape index (κ3) is 4.06. The molecule has 0 fully saturated rings. The van der Waals surface area contributed by atoms with E-state index in [4.69, 9.17) is 28.3 Å². The normalized spacial score (nSPS) is 10.3. The third-order valence-corrected chi connectivity index (χ3v) is 3.60. The Hall–Kier alpha value is -2.44. The van der Waals surface area contributed by atoms with Crippen molar-refractivity contribution in [3.05, 3.63) is 65.5 Å². The van der Waals surface area contributed by atoms with Gasteiger partial charge in [0.05, 0.1) is 17.3 Å². The van der Waals surface area contributed by atoms with E-state index in [1.165, 1.54) is 0 Å². The first-order valence-electron chi connectivity index (χ1n) is 6.90. The highest BCUT2D eigenvalue weighted by atomic mass is 35.5. The number of rotatable bonds is 4. The highest BCUT2D eigenvalue weighted by Gasteiger charge is 2.09. The molecular formula is C16H13ClN4OS. The van der Waals surface area contributed by atoms with Crippen molar-refractivity contribution in [2.75, 3.05) is 5.32 Å². The van der Waals surface area contributed by atoms with Crippen molar-refractivity contribution < 1.29 is 4.52 Å². The topological polar surface area (TPSA) is 63.0 Å². The van der Waals surface area contributed by atoms with E-state index in [0.717, 1.165) is 11.3 Å². The van der Waals surface area contributed by atoms with Crippen molar-refractivity contribution in [3.63, 3.8) is 0 Å². The van der Waals surface area contributed by atoms with Gasteiger partial charge in [0.1, 0.15) is 0 Å². The smallest absolute Gasteiger partial charge is 0.246 e. The molecule has 7 heteroatoms. The van der Waals surface area contributed by atoms with Crippen LogP contribution in [0.25, 0.3) is 11.4 Å². The number of para-hydroxylation sites is 1. The Kier molecular flexibility index (Phi) is 4.85. The Morgan fingerprint density at radius 2 is 1.83 bits per heavy atom. The average molecular weight is 345 g/mol. The highest BCUT2D eigenvalue weighted by molar-refractivity contribution is 7.80. The number of aromatic nitrogens is 2.